The molecular weight excluding hydrogens is 380 g/mol. The van der Waals surface area contributed by atoms with E-state index in [1.54, 1.807) is 11.3 Å². The molecule has 2 N–H and O–H groups in total. The number of carbonyl (C=O) groups excluding carboxylic acids is 1. The van der Waals surface area contributed by atoms with Crippen LogP contribution in [0, 0.1) is 6.92 Å². The Morgan fingerprint density at radius 2 is 2.07 bits per heavy atom. The Morgan fingerprint density at radius 1 is 1.33 bits per heavy atom. The summed E-state index contributed by atoms with van der Waals surface area (Å²) in [7, 11) is 3.35. The number of aryl methyl sites for hydroxylation is 2. The van der Waals surface area contributed by atoms with Gasteiger partial charge < -0.3 is 15.4 Å². The van der Waals surface area contributed by atoms with Crippen LogP contribution < -0.4 is 10.6 Å². The van der Waals surface area contributed by atoms with Crippen LogP contribution in [-0.4, -0.2) is 28.0 Å². The highest BCUT2D eigenvalue weighted by atomic mass is 32.1. The number of anilines is 1. The van der Waals surface area contributed by atoms with Crippen molar-refractivity contribution in [3.8, 4) is 0 Å². The number of carbonyl (C=O) groups is 1. The maximum atomic E-state index is 12.4. The predicted octanol–water partition coefficient (Wildman–Crippen LogP) is 3.72. The number of hydrogen-bond acceptors (Lipinski definition) is 5. The summed E-state index contributed by atoms with van der Waals surface area (Å²) in [6, 6.07) is 0. The van der Waals surface area contributed by atoms with Gasteiger partial charge in [-0.15, -0.1) is 11.3 Å². The number of nitrogens with one attached hydrogen (secondary N) is 2. The van der Waals surface area contributed by atoms with Gasteiger partial charge in [-0.3, -0.25) is 4.68 Å². The Kier molecular flexibility index (Phi) is 6.49. The van der Waals surface area contributed by atoms with Gasteiger partial charge >= 0.3 is 5.97 Å². The lowest BCUT2D eigenvalue weighted by atomic mass is 9.96. The Labute approximate surface area is 169 Å². The first-order valence-corrected chi connectivity index (χ1v) is 10.5. The van der Waals surface area contributed by atoms with Crippen molar-refractivity contribution in [3.05, 3.63) is 33.5 Å². The van der Waals surface area contributed by atoms with E-state index < -0.39 is 0 Å². The van der Waals surface area contributed by atoms with Crippen molar-refractivity contribution in [2.24, 2.45) is 7.05 Å². The first-order valence-electron chi connectivity index (χ1n) is 9.26. The minimum atomic E-state index is -0.290. The van der Waals surface area contributed by atoms with E-state index in [1.807, 2.05) is 24.9 Å². The SMILES string of the molecule is COC(=O)c1c(NC(=S)NCc2cnn(C)c2C)sc2c1CCCCCC2. The van der Waals surface area contributed by atoms with E-state index in [0.717, 1.165) is 47.5 Å². The summed E-state index contributed by atoms with van der Waals surface area (Å²) in [4.78, 5) is 13.7. The number of methoxy groups -OCH3 is 1. The Balaban J connectivity index is 1.76. The molecule has 0 bridgehead atoms. The van der Waals surface area contributed by atoms with Crippen LogP contribution in [0.4, 0.5) is 5.00 Å². The molecule has 2 aromatic rings. The third kappa shape index (κ3) is 4.50. The van der Waals surface area contributed by atoms with Gasteiger partial charge in [0.15, 0.2) is 5.11 Å². The number of nitrogens with zero attached hydrogens (tertiary/aromatic N) is 2. The van der Waals surface area contributed by atoms with Crippen molar-refractivity contribution < 1.29 is 9.53 Å². The number of rotatable bonds is 4. The fraction of sp³-hybridized carbons (Fsp3) is 0.526. The summed E-state index contributed by atoms with van der Waals surface area (Å²) in [5.74, 6) is -0.290. The quantitative estimate of drug-likeness (QED) is 0.596. The standard InChI is InChI=1S/C19H26N4O2S2/c1-12-13(11-21-23(12)2)10-20-19(26)22-17-16(18(24)25-3)14-8-6-4-5-7-9-15(14)27-17/h11H,4-10H2,1-3H3,(H2,20,22,26). The summed E-state index contributed by atoms with van der Waals surface area (Å²) in [6.45, 7) is 2.61. The van der Waals surface area contributed by atoms with Crippen molar-refractivity contribution in [1.29, 1.82) is 0 Å². The molecule has 0 fully saturated rings. The van der Waals surface area contributed by atoms with E-state index in [-0.39, 0.29) is 5.97 Å². The molecule has 0 unspecified atom stereocenters. The first-order chi connectivity index (χ1) is 13.0. The van der Waals surface area contributed by atoms with Crippen LogP contribution in [0.5, 0.6) is 0 Å². The molecule has 0 radical (unpaired) electrons. The van der Waals surface area contributed by atoms with Crippen molar-refractivity contribution in [3.63, 3.8) is 0 Å². The third-order valence-electron chi connectivity index (χ3n) is 5.06. The van der Waals surface area contributed by atoms with E-state index in [4.69, 9.17) is 17.0 Å². The monoisotopic (exact) mass is 406 g/mol. The zero-order valence-corrected chi connectivity index (χ0v) is 17.7. The van der Waals surface area contributed by atoms with Gasteiger partial charge in [0.2, 0.25) is 0 Å². The largest absolute Gasteiger partial charge is 0.465 e. The zero-order valence-electron chi connectivity index (χ0n) is 16.1. The van der Waals surface area contributed by atoms with Gasteiger partial charge in [0.1, 0.15) is 5.00 Å². The molecule has 0 aromatic carbocycles. The van der Waals surface area contributed by atoms with Crippen LogP contribution in [-0.2, 0) is 31.2 Å². The second-order valence-electron chi connectivity index (χ2n) is 6.80. The number of thiocarbonyl (C=S) groups is 1. The number of fused-ring (bicyclic) bond motifs is 1. The van der Waals surface area contributed by atoms with Crippen LogP contribution in [0.15, 0.2) is 6.20 Å². The van der Waals surface area contributed by atoms with E-state index in [0.29, 0.717) is 17.2 Å². The molecule has 146 valence electrons. The molecule has 0 amide bonds. The van der Waals surface area contributed by atoms with Crippen LogP contribution in [0.1, 0.15) is 57.7 Å². The topological polar surface area (TPSA) is 68.2 Å². The average molecular weight is 407 g/mol. The molecule has 1 aliphatic rings. The Bertz CT molecular complexity index is 841. The molecule has 1 aliphatic carbocycles. The highest BCUT2D eigenvalue weighted by Gasteiger charge is 2.25. The highest BCUT2D eigenvalue weighted by Crippen LogP contribution is 2.37. The van der Waals surface area contributed by atoms with Crippen molar-refractivity contribution >= 4 is 39.6 Å². The molecule has 0 aliphatic heterocycles. The summed E-state index contributed by atoms with van der Waals surface area (Å²) >= 11 is 7.10. The molecule has 0 saturated heterocycles. The number of aromatic nitrogens is 2. The summed E-state index contributed by atoms with van der Waals surface area (Å²) in [5.41, 5.74) is 3.98. The first kappa shape index (κ1) is 19.8. The maximum absolute atomic E-state index is 12.4. The van der Waals surface area contributed by atoms with Crippen molar-refractivity contribution in [1.82, 2.24) is 15.1 Å². The average Bonchev–Trinajstić information content (AvgIpc) is 3.12. The molecule has 2 heterocycles. The molecule has 3 rings (SSSR count). The molecular formula is C19H26N4O2S2. The predicted molar refractivity (Wildman–Crippen MR) is 113 cm³/mol. The van der Waals surface area contributed by atoms with Crippen LogP contribution in [0.2, 0.25) is 0 Å². The lowest BCUT2D eigenvalue weighted by Crippen LogP contribution is -2.28. The molecule has 0 atom stereocenters. The minimum absolute atomic E-state index is 0.290. The fourth-order valence-corrected chi connectivity index (χ4v) is 4.89. The van der Waals surface area contributed by atoms with Crippen molar-refractivity contribution in [2.45, 2.75) is 52.0 Å². The third-order valence-corrected chi connectivity index (χ3v) is 6.52. The zero-order chi connectivity index (χ0) is 19.4. The number of hydrogen-bond donors (Lipinski definition) is 2. The smallest absolute Gasteiger partial charge is 0.341 e. The highest BCUT2D eigenvalue weighted by molar-refractivity contribution is 7.80. The fourth-order valence-electron chi connectivity index (χ4n) is 3.37. The Hall–Kier alpha value is -1.93. The second kappa shape index (κ2) is 8.84. The summed E-state index contributed by atoms with van der Waals surface area (Å²) in [5, 5.41) is 12.0. The maximum Gasteiger partial charge on any atom is 0.341 e. The lowest BCUT2D eigenvalue weighted by molar-refractivity contribution is 0.0601. The van der Waals surface area contributed by atoms with Gasteiger partial charge in [-0.2, -0.15) is 5.10 Å². The van der Waals surface area contributed by atoms with Gasteiger partial charge in [-0.05, 0) is 50.4 Å². The van der Waals surface area contributed by atoms with E-state index in [1.165, 1.54) is 24.8 Å². The normalized spacial score (nSPS) is 14.0. The van der Waals surface area contributed by atoms with Gasteiger partial charge in [0.05, 0.1) is 18.9 Å². The number of thiophene rings is 1. The van der Waals surface area contributed by atoms with E-state index >= 15 is 0 Å². The lowest BCUT2D eigenvalue weighted by Gasteiger charge is -2.12. The van der Waals surface area contributed by atoms with Gasteiger partial charge in [0, 0.05) is 29.7 Å². The molecule has 8 heteroatoms. The van der Waals surface area contributed by atoms with Crippen LogP contribution in [0.3, 0.4) is 0 Å². The van der Waals surface area contributed by atoms with E-state index in [2.05, 4.69) is 15.7 Å². The number of esters is 1. The Morgan fingerprint density at radius 3 is 2.74 bits per heavy atom. The van der Waals surface area contributed by atoms with Crippen LogP contribution >= 0.6 is 23.6 Å². The molecule has 2 aromatic heterocycles. The van der Waals surface area contributed by atoms with Crippen LogP contribution in [0.25, 0.3) is 0 Å². The summed E-state index contributed by atoms with van der Waals surface area (Å²) < 4.78 is 6.89. The minimum Gasteiger partial charge on any atom is -0.465 e. The molecule has 6 nitrogen and oxygen atoms in total. The second-order valence-corrected chi connectivity index (χ2v) is 8.31. The van der Waals surface area contributed by atoms with Gasteiger partial charge in [-0.1, -0.05) is 12.8 Å². The van der Waals surface area contributed by atoms with Crippen molar-refractivity contribution in [2.75, 3.05) is 12.4 Å². The van der Waals surface area contributed by atoms with E-state index in [9.17, 15) is 4.79 Å². The van der Waals surface area contributed by atoms with Gasteiger partial charge in [-0.25, -0.2) is 4.79 Å². The molecule has 0 saturated carbocycles. The number of ether oxygens (including phenoxy) is 1. The summed E-state index contributed by atoms with van der Waals surface area (Å²) in [6.07, 6.45) is 8.50. The molecule has 27 heavy (non-hydrogen) atoms. The molecule has 0 spiro atoms. The van der Waals surface area contributed by atoms with Gasteiger partial charge in [0.25, 0.3) is 0 Å².